The molecule has 3 aromatic rings. The van der Waals surface area contributed by atoms with E-state index in [0.29, 0.717) is 0 Å². The number of nitrogens with zero attached hydrogens (tertiary/aromatic N) is 3. The summed E-state index contributed by atoms with van der Waals surface area (Å²) in [5.74, 6) is -0.580. The summed E-state index contributed by atoms with van der Waals surface area (Å²) < 4.78 is 80.0. The fraction of sp³-hybridized carbons (Fsp3) is 0.111. The van der Waals surface area contributed by atoms with E-state index < -0.39 is 33.1 Å². The molecule has 1 aromatic heterocycles. The van der Waals surface area contributed by atoms with Gasteiger partial charge in [0.05, 0.1) is 40.0 Å². The molecule has 1 N–H and O–H groups in total. The van der Waals surface area contributed by atoms with Gasteiger partial charge in [-0.15, -0.1) is 0 Å². The van der Waals surface area contributed by atoms with Gasteiger partial charge in [0, 0.05) is 6.20 Å². The molecule has 0 saturated carbocycles. The smallest absolute Gasteiger partial charge is 0.241 e. The highest BCUT2D eigenvalue weighted by atomic mass is 32.2. The van der Waals surface area contributed by atoms with Gasteiger partial charge in [0.25, 0.3) is 0 Å². The molecule has 6 nitrogen and oxygen atoms in total. The van der Waals surface area contributed by atoms with Gasteiger partial charge in [0.2, 0.25) is 10.0 Å². The largest absolute Gasteiger partial charge is 0.417 e. The molecule has 0 aliphatic heterocycles. The van der Waals surface area contributed by atoms with Gasteiger partial charge in [0.15, 0.2) is 0 Å². The summed E-state index contributed by atoms with van der Waals surface area (Å²) in [5, 5.41) is 12.9. The third-order valence-corrected chi connectivity index (χ3v) is 5.32. The van der Waals surface area contributed by atoms with Crippen molar-refractivity contribution < 1.29 is 26.0 Å². The standard InChI is InChI=1S/C18H12F4N4O2S/c19-13-2-5-16(6-3-13)29(27,28)24-11-14-7-8-26(25-14)15-4-1-12(10-23)17(9-15)18(20,21)22/h1-9,24H,11H2. The number of hydrogen-bond donors (Lipinski definition) is 1. The molecule has 0 unspecified atom stereocenters. The van der Waals surface area contributed by atoms with Crippen molar-refractivity contribution in [1.29, 1.82) is 5.26 Å². The van der Waals surface area contributed by atoms with Crippen molar-refractivity contribution in [2.24, 2.45) is 0 Å². The summed E-state index contributed by atoms with van der Waals surface area (Å²) in [6.07, 6.45) is -3.34. The summed E-state index contributed by atoms with van der Waals surface area (Å²) in [6, 6.07) is 10.3. The van der Waals surface area contributed by atoms with Crippen LogP contribution in [0.1, 0.15) is 16.8 Å². The average molecular weight is 424 g/mol. The quantitative estimate of drug-likeness (QED) is 0.636. The van der Waals surface area contributed by atoms with E-state index in [9.17, 15) is 26.0 Å². The Hall–Kier alpha value is -3.23. The maximum Gasteiger partial charge on any atom is 0.417 e. The normalized spacial score (nSPS) is 12.0. The molecular weight excluding hydrogens is 412 g/mol. The van der Waals surface area contributed by atoms with Crippen LogP contribution in [0.2, 0.25) is 0 Å². The van der Waals surface area contributed by atoms with Gasteiger partial charge in [-0.25, -0.2) is 22.2 Å². The van der Waals surface area contributed by atoms with E-state index in [4.69, 9.17) is 5.26 Å². The first-order chi connectivity index (χ1) is 13.6. The second-order valence-corrected chi connectivity index (χ2v) is 7.64. The lowest BCUT2D eigenvalue weighted by molar-refractivity contribution is -0.137. The zero-order valence-electron chi connectivity index (χ0n) is 14.5. The molecule has 0 bridgehead atoms. The Bertz CT molecular complexity index is 1180. The van der Waals surface area contributed by atoms with E-state index in [0.717, 1.165) is 41.1 Å². The molecule has 3 rings (SSSR count). The highest BCUT2D eigenvalue weighted by Gasteiger charge is 2.34. The molecule has 150 valence electrons. The monoisotopic (exact) mass is 424 g/mol. The molecule has 0 saturated heterocycles. The first-order valence-electron chi connectivity index (χ1n) is 8.02. The van der Waals surface area contributed by atoms with Crippen LogP contribution in [0, 0.1) is 17.1 Å². The minimum atomic E-state index is -4.71. The second kappa shape index (κ2) is 7.65. The molecule has 0 spiro atoms. The first kappa shape index (κ1) is 20.5. The molecule has 0 atom stereocenters. The van der Waals surface area contributed by atoms with E-state index in [2.05, 4.69) is 9.82 Å². The molecular formula is C18H12F4N4O2S. The number of aromatic nitrogens is 2. The van der Waals surface area contributed by atoms with Crippen molar-refractivity contribution in [2.75, 3.05) is 0 Å². The Morgan fingerprint density at radius 3 is 2.41 bits per heavy atom. The second-order valence-electron chi connectivity index (χ2n) is 5.87. The van der Waals surface area contributed by atoms with Gasteiger partial charge >= 0.3 is 6.18 Å². The van der Waals surface area contributed by atoms with E-state index in [1.54, 1.807) is 0 Å². The van der Waals surface area contributed by atoms with Crippen molar-refractivity contribution in [2.45, 2.75) is 17.6 Å². The first-order valence-corrected chi connectivity index (χ1v) is 9.50. The van der Waals surface area contributed by atoms with Crippen LogP contribution in [0.4, 0.5) is 17.6 Å². The van der Waals surface area contributed by atoms with Crippen LogP contribution in [0.15, 0.2) is 59.6 Å². The Kier molecular flexibility index (Phi) is 5.41. The number of sulfonamides is 1. The fourth-order valence-corrected chi connectivity index (χ4v) is 3.47. The predicted molar refractivity (Wildman–Crippen MR) is 93.7 cm³/mol. The van der Waals surface area contributed by atoms with Crippen LogP contribution in [-0.2, 0) is 22.7 Å². The van der Waals surface area contributed by atoms with Crippen molar-refractivity contribution in [3.63, 3.8) is 0 Å². The van der Waals surface area contributed by atoms with Gasteiger partial charge in [0.1, 0.15) is 5.82 Å². The predicted octanol–water partition coefficient (Wildman–Crippen LogP) is 3.38. The van der Waals surface area contributed by atoms with Crippen LogP contribution >= 0.6 is 0 Å². The molecule has 29 heavy (non-hydrogen) atoms. The lowest BCUT2D eigenvalue weighted by Crippen LogP contribution is -2.23. The van der Waals surface area contributed by atoms with E-state index >= 15 is 0 Å². The molecule has 0 amide bonds. The number of nitriles is 1. The van der Waals surface area contributed by atoms with Crippen molar-refractivity contribution in [3.8, 4) is 11.8 Å². The van der Waals surface area contributed by atoms with Crippen molar-refractivity contribution >= 4 is 10.0 Å². The number of alkyl halides is 3. The molecule has 2 aromatic carbocycles. The summed E-state index contributed by atoms with van der Waals surface area (Å²) >= 11 is 0. The van der Waals surface area contributed by atoms with E-state index in [1.807, 2.05) is 0 Å². The summed E-state index contributed by atoms with van der Waals surface area (Å²) in [7, 11) is -3.92. The molecule has 0 fully saturated rings. The highest BCUT2D eigenvalue weighted by Crippen LogP contribution is 2.33. The van der Waals surface area contributed by atoms with Crippen LogP contribution in [0.25, 0.3) is 5.69 Å². The lowest BCUT2D eigenvalue weighted by atomic mass is 10.1. The summed E-state index contributed by atoms with van der Waals surface area (Å²) in [6.45, 7) is -0.227. The van der Waals surface area contributed by atoms with E-state index in [-0.39, 0.29) is 22.8 Å². The minimum Gasteiger partial charge on any atom is -0.241 e. The van der Waals surface area contributed by atoms with Gasteiger partial charge < -0.3 is 0 Å². The Labute approximate surface area is 163 Å². The van der Waals surface area contributed by atoms with Gasteiger partial charge in [-0.05, 0) is 48.5 Å². The maximum absolute atomic E-state index is 13.1. The van der Waals surface area contributed by atoms with Crippen LogP contribution in [0.3, 0.4) is 0 Å². The lowest BCUT2D eigenvalue weighted by Gasteiger charge is -2.10. The number of nitrogens with one attached hydrogen (secondary N) is 1. The van der Waals surface area contributed by atoms with Gasteiger partial charge in [-0.1, -0.05) is 0 Å². The molecule has 11 heteroatoms. The molecule has 1 heterocycles. The zero-order valence-corrected chi connectivity index (χ0v) is 15.3. The van der Waals surface area contributed by atoms with Gasteiger partial charge in [-0.2, -0.15) is 23.5 Å². The zero-order chi connectivity index (χ0) is 21.2. The van der Waals surface area contributed by atoms with Crippen molar-refractivity contribution in [3.05, 3.63) is 77.4 Å². The van der Waals surface area contributed by atoms with Crippen LogP contribution in [0.5, 0.6) is 0 Å². The minimum absolute atomic E-state index is 0.0592. The average Bonchev–Trinajstić information content (AvgIpc) is 3.15. The SMILES string of the molecule is N#Cc1ccc(-n2ccc(CNS(=O)(=O)c3ccc(F)cc3)n2)cc1C(F)(F)F. The highest BCUT2D eigenvalue weighted by molar-refractivity contribution is 7.89. The Balaban J connectivity index is 1.79. The Morgan fingerprint density at radius 1 is 1.10 bits per heavy atom. The number of rotatable bonds is 5. The molecule has 0 aliphatic rings. The Morgan fingerprint density at radius 2 is 1.79 bits per heavy atom. The van der Waals surface area contributed by atoms with Gasteiger partial charge in [-0.3, -0.25) is 0 Å². The third-order valence-electron chi connectivity index (χ3n) is 3.91. The number of halogens is 4. The molecule has 0 radical (unpaired) electrons. The van der Waals surface area contributed by atoms with Crippen LogP contribution < -0.4 is 4.72 Å². The summed E-state index contributed by atoms with van der Waals surface area (Å²) in [4.78, 5) is -0.139. The fourth-order valence-electron chi connectivity index (χ4n) is 2.47. The maximum atomic E-state index is 13.1. The molecule has 0 aliphatic carbocycles. The number of benzene rings is 2. The van der Waals surface area contributed by atoms with E-state index in [1.165, 1.54) is 24.4 Å². The topological polar surface area (TPSA) is 87.8 Å². The van der Waals surface area contributed by atoms with Crippen molar-refractivity contribution in [1.82, 2.24) is 14.5 Å². The van der Waals surface area contributed by atoms with Crippen LogP contribution in [-0.4, -0.2) is 18.2 Å². The number of hydrogen-bond acceptors (Lipinski definition) is 4. The summed E-state index contributed by atoms with van der Waals surface area (Å²) in [5.41, 5.74) is -1.30. The third kappa shape index (κ3) is 4.61.